The SMILES string of the molecule is COC(=O)[C@@H]1CC(Oc2ccc(Br)cc2Cl)CN1. The number of methoxy groups -OCH3 is 1. The van der Waals surface area contributed by atoms with Crippen molar-refractivity contribution in [2.24, 2.45) is 0 Å². The molecule has 0 amide bonds. The Morgan fingerprint density at radius 2 is 2.33 bits per heavy atom. The van der Waals surface area contributed by atoms with Crippen molar-refractivity contribution in [2.45, 2.75) is 18.6 Å². The van der Waals surface area contributed by atoms with Gasteiger partial charge in [-0.15, -0.1) is 0 Å². The van der Waals surface area contributed by atoms with Gasteiger partial charge >= 0.3 is 5.97 Å². The van der Waals surface area contributed by atoms with Gasteiger partial charge in [0, 0.05) is 17.4 Å². The average molecular weight is 335 g/mol. The topological polar surface area (TPSA) is 47.6 Å². The maximum Gasteiger partial charge on any atom is 0.323 e. The minimum absolute atomic E-state index is 0.0761. The number of benzene rings is 1. The summed E-state index contributed by atoms with van der Waals surface area (Å²) in [5, 5.41) is 3.60. The third-order valence-electron chi connectivity index (χ3n) is 2.76. The summed E-state index contributed by atoms with van der Waals surface area (Å²) < 4.78 is 11.3. The molecule has 0 aliphatic carbocycles. The molecule has 2 rings (SSSR count). The Hall–Kier alpha value is -0.780. The molecule has 1 fully saturated rings. The summed E-state index contributed by atoms with van der Waals surface area (Å²) in [6.07, 6.45) is 0.506. The van der Waals surface area contributed by atoms with Gasteiger partial charge in [0.25, 0.3) is 0 Å². The molecule has 0 bridgehead atoms. The van der Waals surface area contributed by atoms with Gasteiger partial charge in [-0.25, -0.2) is 0 Å². The molecule has 18 heavy (non-hydrogen) atoms. The van der Waals surface area contributed by atoms with Crippen LogP contribution in [0.3, 0.4) is 0 Å². The fourth-order valence-electron chi connectivity index (χ4n) is 1.87. The minimum Gasteiger partial charge on any atom is -0.487 e. The van der Waals surface area contributed by atoms with Crippen molar-refractivity contribution in [1.29, 1.82) is 0 Å². The van der Waals surface area contributed by atoms with Gasteiger partial charge in [0.15, 0.2) is 0 Å². The van der Waals surface area contributed by atoms with E-state index in [0.29, 0.717) is 23.7 Å². The number of nitrogens with one attached hydrogen (secondary N) is 1. The molecule has 1 aromatic rings. The van der Waals surface area contributed by atoms with E-state index >= 15 is 0 Å². The van der Waals surface area contributed by atoms with E-state index in [9.17, 15) is 4.79 Å². The standard InChI is InChI=1S/C12H13BrClNO3/c1-17-12(16)10-5-8(6-15-10)18-11-3-2-7(13)4-9(11)14/h2-4,8,10,15H,5-6H2,1H3/t8?,10-/m0/s1. The molecule has 0 saturated carbocycles. The van der Waals surface area contributed by atoms with E-state index in [1.165, 1.54) is 7.11 Å². The summed E-state index contributed by atoms with van der Waals surface area (Å²) in [7, 11) is 1.38. The second kappa shape index (κ2) is 5.91. The van der Waals surface area contributed by atoms with Crippen LogP contribution >= 0.6 is 27.5 Å². The van der Waals surface area contributed by atoms with E-state index in [1.807, 2.05) is 6.07 Å². The highest BCUT2D eigenvalue weighted by molar-refractivity contribution is 9.10. The van der Waals surface area contributed by atoms with Crippen molar-refractivity contribution in [3.8, 4) is 5.75 Å². The number of hydrogen-bond donors (Lipinski definition) is 1. The molecule has 98 valence electrons. The smallest absolute Gasteiger partial charge is 0.323 e. The quantitative estimate of drug-likeness (QED) is 0.862. The van der Waals surface area contributed by atoms with E-state index in [0.717, 1.165) is 4.47 Å². The lowest BCUT2D eigenvalue weighted by atomic mass is 10.2. The Bertz CT molecular complexity index is 455. The van der Waals surface area contributed by atoms with E-state index < -0.39 is 0 Å². The summed E-state index contributed by atoms with van der Waals surface area (Å²) >= 11 is 9.40. The molecule has 0 spiro atoms. The Morgan fingerprint density at radius 3 is 3.00 bits per heavy atom. The van der Waals surface area contributed by atoms with Gasteiger partial charge in [-0.1, -0.05) is 27.5 Å². The summed E-state index contributed by atoms with van der Waals surface area (Å²) in [5.41, 5.74) is 0. The van der Waals surface area contributed by atoms with Crippen molar-refractivity contribution in [2.75, 3.05) is 13.7 Å². The van der Waals surface area contributed by atoms with Gasteiger partial charge in [-0.05, 0) is 18.2 Å². The number of carbonyl (C=O) groups is 1. The van der Waals surface area contributed by atoms with Crippen LogP contribution in [0.1, 0.15) is 6.42 Å². The van der Waals surface area contributed by atoms with Crippen molar-refractivity contribution >= 4 is 33.5 Å². The van der Waals surface area contributed by atoms with Crippen LogP contribution in [0, 0.1) is 0 Å². The highest BCUT2D eigenvalue weighted by Crippen LogP contribution is 2.29. The zero-order chi connectivity index (χ0) is 13.1. The Balaban J connectivity index is 1.97. The van der Waals surface area contributed by atoms with Crippen LogP contribution in [-0.2, 0) is 9.53 Å². The molecule has 1 saturated heterocycles. The zero-order valence-electron chi connectivity index (χ0n) is 9.78. The fraction of sp³-hybridized carbons (Fsp3) is 0.417. The monoisotopic (exact) mass is 333 g/mol. The average Bonchev–Trinajstić information content (AvgIpc) is 2.80. The van der Waals surface area contributed by atoms with Crippen molar-refractivity contribution in [3.05, 3.63) is 27.7 Å². The van der Waals surface area contributed by atoms with Gasteiger partial charge in [0.05, 0.1) is 12.1 Å². The van der Waals surface area contributed by atoms with E-state index in [2.05, 4.69) is 26.0 Å². The Kier molecular flexibility index (Phi) is 4.48. The minimum atomic E-state index is -0.297. The van der Waals surface area contributed by atoms with Crippen LogP contribution in [-0.4, -0.2) is 31.8 Å². The summed E-state index contributed by atoms with van der Waals surface area (Å²) in [6, 6.07) is 5.14. The Labute approximate surface area is 119 Å². The molecule has 6 heteroatoms. The molecular weight excluding hydrogens is 321 g/mol. The highest BCUT2D eigenvalue weighted by Gasteiger charge is 2.31. The van der Waals surface area contributed by atoms with E-state index in [1.54, 1.807) is 12.1 Å². The lowest BCUT2D eigenvalue weighted by molar-refractivity contribution is -0.142. The highest BCUT2D eigenvalue weighted by atomic mass is 79.9. The number of ether oxygens (including phenoxy) is 2. The van der Waals surface area contributed by atoms with Crippen LogP contribution in [0.25, 0.3) is 0 Å². The van der Waals surface area contributed by atoms with Gasteiger partial charge in [-0.2, -0.15) is 0 Å². The summed E-state index contributed by atoms with van der Waals surface area (Å²) in [5.74, 6) is 0.361. The predicted octanol–water partition coefficient (Wildman–Crippen LogP) is 2.38. The molecule has 0 radical (unpaired) electrons. The van der Waals surface area contributed by atoms with Crippen molar-refractivity contribution in [1.82, 2.24) is 5.32 Å². The predicted molar refractivity (Wildman–Crippen MR) is 72.0 cm³/mol. The second-order valence-corrected chi connectivity index (χ2v) is 5.36. The molecule has 1 unspecified atom stereocenters. The fourth-order valence-corrected chi connectivity index (χ4v) is 2.58. The van der Waals surface area contributed by atoms with Gasteiger partial charge < -0.3 is 14.8 Å². The molecule has 1 aliphatic rings. The molecule has 0 aromatic heterocycles. The molecule has 4 nitrogen and oxygen atoms in total. The molecule has 1 heterocycles. The largest absolute Gasteiger partial charge is 0.487 e. The first kappa shape index (κ1) is 13.6. The van der Waals surface area contributed by atoms with Crippen molar-refractivity contribution < 1.29 is 14.3 Å². The van der Waals surface area contributed by atoms with E-state index in [-0.39, 0.29) is 18.1 Å². The summed E-state index contributed by atoms with van der Waals surface area (Å²) in [4.78, 5) is 11.4. The first-order chi connectivity index (χ1) is 8.60. The number of halogens is 2. The molecule has 1 aliphatic heterocycles. The zero-order valence-corrected chi connectivity index (χ0v) is 12.1. The van der Waals surface area contributed by atoms with Gasteiger partial charge in [0.1, 0.15) is 17.9 Å². The number of esters is 1. The van der Waals surface area contributed by atoms with Gasteiger partial charge in [0.2, 0.25) is 0 Å². The third kappa shape index (κ3) is 3.16. The van der Waals surface area contributed by atoms with Crippen LogP contribution in [0.5, 0.6) is 5.75 Å². The molecule has 1 N–H and O–H groups in total. The maximum absolute atomic E-state index is 11.4. The maximum atomic E-state index is 11.4. The number of hydrogen-bond acceptors (Lipinski definition) is 4. The van der Waals surface area contributed by atoms with Crippen molar-refractivity contribution in [3.63, 3.8) is 0 Å². The lowest BCUT2D eigenvalue weighted by Crippen LogP contribution is -2.31. The van der Waals surface area contributed by atoms with Crippen LogP contribution in [0.15, 0.2) is 22.7 Å². The first-order valence-electron chi connectivity index (χ1n) is 5.53. The molecule has 2 atom stereocenters. The normalized spacial score (nSPS) is 22.8. The van der Waals surface area contributed by atoms with Crippen LogP contribution < -0.4 is 10.1 Å². The summed E-state index contributed by atoms with van der Waals surface area (Å²) in [6.45, 7) is 0.603. The molecular formula is C12H13BrClNO3. The lowest BCUT2D eigenvalue weighted by Gasteiger charge is -2.14. The number of rotatable bonds is 3. The first-order valence-corrected chi connectivity index (χ1v) is 6.70. The van der Waals surface area contributed by atoms with Gasteiger partial charge in [-0.3, -0.25) is 4.79 Å². The third-order valence-corrected chi connectivity index (χ3v) is 3.55. The van der Waals surface area contributed by atoms with Crippen LogP contribution in [0.4, 0.5) is 0 Å². The second-order valence-electron chi connectivity index (χ2n) is 4.03. The Morgan fingerprint density at radius 1 is 1.56 bits per heavy atom. The van der Waals surface area contributed by atoms with E-state index in [4.69, 9.17) is 16.3 Å². The molecule has 1 aromatic carbocycles. The number of carbonyl (C=O) groups excluding carboxylic acids is 1. The van der Waals surface area contributed by atoms with Crippen LogP contribution in [0.2, 0.25) is 5.02 Å².